The Morgan fingerprint density at radius 3 is 2.65 bits per heavy atom. The molecule has 1 atom stereocenters. The number of aromatic nitrogens is 1. The molecular formula is C19H21N3O. The van der Waals surface area contributed by atoms with Gasteiger partial charge in [-0.1, -0.05) is 48.5 Å². The van der Waals surface area contributed by atoms with Gasteiger partial charge in [0.1, 0.15) is 0 Å². The topological polar surface area (TPSA) is 70.9 Å². The van der Waals surface area contributed by atoms with Crippen LogP contribution in [-0.4, -0.2) is 23.5 Å². The second-order valence-electron chi connectivity index (χ2n) is 5.70. The molecular weight excluding hydrogens is 286 g/mol. The minimum absolute atomic E-state index is 0.103. The van der Waals surface area contributed by atoms with Crippen LogP contribution in [0.2, 0.25) is 0 Å². The van der Waals surface area contributed by atoms with E-state index in [1.165, 1.54) is 10.9 Å². The van der Waals surface area contributed by atoms with Crippen molar-refractivity contribution in [2.75, 3.05) is 6.54 Å². The third-order valence-electron chi connectivity index (χ3n) is 4.00. The van der Waals surface area contributed by atoms with Gasteiger partial charge in [-0.3, -0.25) is 4.79 Å². The minimum Gasteiger partial charge on any atom is -0.361 e. The lowest BCUT2D eigenvalue weighted by atomic mass is 10.1. The summed E-state index contributed by atoms with van der Waals surface area (Å²) in [7, 11) is 0. The number of carbonyl (C=O) groups excluding carboxylic acids is 1. The Kier molecular flexibility index (Phi) is 4.74. The molecule has 3 aromatic rings. The van der Waals surface area contributed by atoms with Gasteiger partial charge in [0.25, 0.3) is 0 Å². The second kappa shape index (κ2) is 7.11. The van der Waals surface area contributed by atoms with E-state index in [-0.39, 0.29) is 5.91 Å². The third kappa shape index (κ3) is 3.79. The SMILES string of the molecule is N[C@@H](Cc1ccccc1)C(=O)NCCc1c[nH]c2ccccc12. The number of nitrogens with two attached hydrogens (primary N) is 1. The number of hydrogen-bond acceptors (Lipinski definition) is 2. The van der Waals surface area contributed by atoms with Crippen LogP contribution < -0.4 is 11.1 Å². The first-order valence-corrected chi connectivity index (χ1v) is 7.86. The molecule has 0 aliphatic rings. The number of carbonyl (C=O) groups is 1. The van der Waals surface area contributed by atoms with Crippen LogP contribution in [0.5, 0.6) is 0 Å². The van der Waals surface area contributed by atoms with Crippen molar-refractivity contribution >= 4 is 16.8 Å². The molecule has 0 saturated carbocycles. The van der Waals surface area contributed by atoms with Crippen molar-refractivity contribution in [1.82, 2.24) is 10.3 Å². The normalized spacial score (nSPS) is 12.2. The summed E-state index contributed by atoms with van der Waals surface area (Å²) < 4.78 is 0. The Balaban J connectivity index is 1.51. The standard InChI is InChI=1S/C19H21N3O/c20-17(12-14-6-2-1-3-7-14)19(23)21-11-10-15-13-22-18-9-5-4-8-16(15)18/h1-9,13,17,22H,10-12,20H2,(H,21,23)/t17-/m0/s1. The predicted molar refractivity (Wildman–Crippen MR) is 93.1 cm³/mol. The van der Waals surface area contributed by atoms with Crippen molar-refractivity contribution in [3.8, 4) is 0 Å². The lowest BCUT2D eigenvalue weighted by Gasteiger charge is -2.12. The van der Waals surface area contributed by atoms with Gasteiger partial charge in [-0.05, 0) is 30.0 Å². The van der Waals surface area contributed by atoms with Crippen LogP contribution in [0.15, 0.2) is 60.8 Å². The first kappa shape index (κ1) is 15.3. The molecule has 1 amide bonds. The van der Waals surface area contributed by atoms with E-state index in [1.807, 2.05) is 54.7 Å². The van der Waals surface area contributed by atoms with Crippen molar-refractivity contribution in [2.24, 2.45) is 5.73 Å². The van der Waals surface area contributed by atoms with Crippen LogP contribution >= 0.6 is 0 Å². The number of rotatable bonds is 6. The van der Waals surface area contributed by atoms with E-state index in [2.05, 4.69) is 16.4 Å². The van der Waals surface area contributed by atoms with Gasteiger partial charge in [-0.25, -0.2) is 0 Å². The number of para-hydroxylation sites is 1. The summed E-state index contributed by atoms with van der Waals surface area (Å²) >= 11 is 0. The zero-order valence-corrected chi connectivity index (χ0v) is 13.0. The summed E-state index contributed by atoms with van der Waals surface area (Å²) in [5, 5.41) is 4.13. The molecule has 1 heterocycles. The van der Waals surface area contributed by atoms with Crippen molar-refractivity contribution in [3.63, 3.8) is 0 Å². The summed E-state index contributed by atoms with van der Waals surface area (Å²) in [4.78, 5) is 15.3. The summed E-state index contributed by atoms with van der Waals surface area (Å²) in [6.07, 6.45) is 3.34. The maximum absolute atomic E-state index is 12.1. The largest absolute Gasteiger partial charge is 0.361 e. The fourth-order valence-corrected chi connectivity index (χ4v) is 2.75. The summed E-state index contributed by atoms with van der Waals surface area (Å²) in [5.74, 6) is -0.103. The van der Waals surface area contributed by atoms with Crippen molar-refractivity contribution < 1.29 is 4.79 Å². The third-order valence-corrected chi connectivity index (χ3v) is 4.00. The highest BCUT2D eigenvalue weighted by Crippen LogP contribution is 2.17. The van der Waals surface area contributed by atoms with Crippen LogP contribution in [0.3, 0.4) is 0 Å². The Hall–Kier alpha value is -2.59. The highest BCUT2D eigenvalue weighted by atomic mass is 16.2. The van der Waals surface area contributed by atoms with E-state index in [9.17, 15) is 4.79 Å². The molecule has 1 aromatic heterocycles. The quantitative estimate of drug-likeness (QED) is 0.654. The molecule has 3 rings (SSSR count). The van der Waals surface area contributed by atoms with Crippen LogP contribution in [0.4, 0.5) is 0 Å². The van der Waals surface area contributed by atoms with E-state index in [0.717, 1.165) is 17.5 Å². The fraction of sp³-hybridized carbons (Fsp3) is 0.211. The van der Waals surface area contributed by atoms with Crippen LogP contribution in [0.1, 0.15) is 11.1 Å². The molecule has 23 heavy (non-hydrogen) atoms. The molecule has 0 bridgehead atoms. The van der Waals surface area contributed by atoms with Crippen LogP contribution in [0, 0.1) is 0 Å². The van der Waals surface area contributed by atoms with Gasteiger partial charge in [0, 0.05) is 23.6 Å². The molecule has 0 fully saturated rings. The molecule has 4 N–H and O–H groups in total. The highest BCUT2D eigenvalue weighted by molar-refractivity contribution is 5.83. The second-order valence-corrected chi connectivity index (χ2v) is 5.70. The summed E-state index contributed by atoms with van der Waals surface area (Å²) in [5.41, 5.74) is 9.38. The maximum Gasteiger partial charge on any atom is 0.237 e. The Labute approximate surface area is 135 Å². The molecule has 0 aliphatic heterocycles. The zero-order chi connectivity index (χ0) is 16.1. The van der Waals surface area contributed by atoms with Crippen LogP contribution in [0.25, 0.3) is 10.9 Å². The molecule has 0 radical (unpaired) electrons. The average Bonchev–Trinajstić information content (AvgIpc) is 2.99. The predicted octanol–water partition coefficient (Wildman–Crippen LogP) is 2.40. The Morgan fingerprint density at radius 1 is 1.09 bits per heavy atom. The van der Waals surface area contributed by atoms with Gasteiger partial charge < -0.3 is 16.0 Å². The molecule has 4 nitrogen and oxygen atoms in total. The summed E-state index contributed by atoms with van der Waals surface area (Å²) in [6.45, 7) is 0.586. The monoisotopic (exact) mass is 307 g/mol. The number of H-pyrrole nitrogens is 1. The lowest BCUT2D eigenvalue weighted by Crippen LogP contribution is -2.42. The number of nitrogens with one attached hydrogen (secondary N) is 2. The number of benzene rings is 2. The van der Waals surface area contributed by atoms with Gasteiger partial charge in [0.05, 0.1) is 6.04 Å². The van der Waals surface area contributed by atoms with Crippen molar-refractivity contribution in [1.29, 1.82) is 0 Å². The molecule has 2 aromatic carbocycles. The van der Waals surface area contributed by atoms with Gasteiger partial charge >= 0.3 is 0 Å². The lowest BCUT2D eigenvalue weighted by molar-refractivity contribution is -0.122. The van der Waals surface area contributed by atoms with E-state index in [0.29, 0.717) is 13.0 Å². The average molecular weight is 307 g/mol. The fourth-order valence-electron chi connectivity index (χ4n) is 2.75. The van der Waals surface area contributed by atoms with Crippen LogP contribution in [-0.2, 0) is 17.6 Å². The molecule has 0 unspecified atom stereocenters. The van der Waals surface area contributed by atoms with Gasteiger partial charge in [0.2, 0.25) is 5.91 Å². The van der Waals surface area contributed by atoms with Gasteiger partial charge in [0.15, 0.2) is 0 Å². The zero-order valence-electron chi connectivity index (χ0n) is 13.0. The molecule has 4 heteroatoms. The van der Waals surface area contributed by atoms with E-state index >= 15 is 0 Å². The van der Waals surface area contributed by atoms with Gasteiger partial charge in [-0.2, -0.15) is 0 Å². The maximum atomic E-state index is 12.1. The molecule has 0 saturated heterocycles. The first-order chi connectivity index (χ1) is 11.2. The smallest absolute Gasteiger partial charge is 0.237 e. The Morgan fingerprint density at radius 2 is 1.83 bits per heavy atom. The number of amides is 1. The molecule has 0 spiro atoms. The van der Waals surface area contributed by atoms with E-state index in [4.69, 9.17) is 5.73 Å². The van der Waals surface area contributed by atoms with Gasteiger partial charge in [-0.15, -0.1) is 0 Å². The molecule has 0 aliphatic carbocycles. The first-order valence-electron chi connectivity index (χ1n) is 7.86. The number of fused-ring (bicyclic) bond motifs is 1. The number of aromatic amines is 1. The highest BCUT2D eigenvalue weighted by Gasteiger charge is 2.13. The van der Waals surface area contributed by atoms with Crippen molar-refractivity contribution in [3.05, 3.63) is 71.9 Å². The number of hydrogen-bond donors (Lipinski definition) is 3. The van der Waals surface area contributed by atoms with Crippen molar-refractivity contribution in [2.45, 2.75) is 18.9 Å². The molecule has 118 valence electrons. The van der Waals surface area contributed by atoms with E-state index in [1.54, 1.807) is 0 Å². The summed E-state index contributed by atoms with van der Waals surface area (Å²) in [6, 6.07) is 17.5. The Bertz CT molecular complexity index is 779. The minimum atomic E-state index is -0.514. The van der Waals surface area contributed by atoms with E-state index < -0.39 is 6.04 Å².